The molecule has 2 atom stereocenters. The predicted octanol–water partition coefficient (Wildman–Crippen LogP) is 11.6. The second-order valence-corrected chi connectivity index (χ2v) is 15.3. The third kappa shape index (κ3) is 38.0. The zero-order chi connectivity index (χ0) is 37.5. The summed E-state index contributed by atoms with van der Waals surface area (Å²) >= 11 is 0. The van der Waals surface area contributed by atoms with Crippen molar-refractivity contribution in [3.8, 4) is 0 Å². The first-order valence-electron chi connectivity index (χ1n) is 20.8. The van der Waals surface area contributed by atoms with Crippen LogP contribution in [0.15, 0.2) is 24.3 Å². The number of allylic oxidation sites excluding steroid dienone is 4. The van der Waals surface area contributed by atoms with E-state index in [2.05, 4.69) is 38.2 Å². The quantitative estimate of drug-likeness (QED) is 0.0273. The molecule has 0 spiro atoms. The zero-order valence-corrected chi connectivity index (χ0v) is 33.7. The van der Waals surface area contributed by atoms with E-state index in [1.54, 1.807) is 0 Å². The topological polar surface area (TPSA) is 134 Å². The van der Waals surface area contributed by atoms with Gasteiger partial charge < -0.3 is 20.1 Å². The van der Waals surface area contributed by atoms with Gasteiger partial charge in [-0.05, 0) is 64.2 Å². The maximum absolute atomic E-state index is 12.6. The number of phosphoric ester groups is 1. The van der Waals surface area contributed by atoms with E-state index in [0.717, 1.165) is 57.8 Å². The Kier molecular flexibility index (Phi) is 37.1. The number of phosphoric acid groups is 1. The Morgan fingerprint density at radius 2 is 0.961 bits per heavy atom. The summed E-state index contributed by atoms with van der Waals surface area (Å²) in [6.07, 6.45) is 39.1. The lowest BCUT2D eigenvalue weighted by atomic mass is 10.1. The summed E-state index contributed by atoms with van der Waals surface area (Å²) in [4.78, 5) is 34.8. The number of carbonyl (C=O) groups is 2. The van der Waals surface area contributed by atoms with Crippen molar-refractivity contribution in [2.75, 3.05) is 26.4 Å². The monoisotopic (exact) mass is 744 g/mol. The number of nitrogens with two attached hydrogens (primary N) is 1. The summed E-state index contributed by atoms with van der Waals surface area (Å²) in [6, 6.07) is 0. The molecule has 0 bridgehead atoms. The minimum Gasteiger partial charge on any atom is -0.462 e. The number of rotatable bonds is 39. The van der Waals surface area contributed by atoms with Gasteiger partial charge in [0.15, 0.2) is 6.10 Å². The summed E-state index contributed by atoms with van der Waals surface area (Å²) in [5.74, 6) is -0.835. The summed E-state index contributed by atoms with van der Waals surface area (Å²) in [5, 5.41) is 0. The number of esters is 2. The molecule has 0 heterocycles. The van der Waals surface area contributed by atoms with E-state index in [4.69, 9.17) is 24.3 Å². The van der Waals surface area contributed by atoms with Crippen molar-refractivity contribution in [1.82, 2.24) is 0 Å². The molecule has 300 valence electrons. The molecule has 0 aromatic rings. The van der Waals surface area contributed by atoms with Crippen LogP contribution in [0, 0.1) is 0 Å². The van der Waals surface area contributed by atoms with Crippen LogP contribution < -0.4 is 5.73 Å². The first-order valence-corrected chi connectivity index (χ1v) is 22.3. The van der Waals surface area contributed by atoms with Gasteiger partial charge in [0.25, 0.3) is 0 Å². The van der Waals surface area contributed by atoms with E-state index in [0.29, 0.717) is 6.42 Å². The Hall–Kier alpha value is -1.51. The summed E-state index contributed by atoms with van der Waals surface area (Å²) in [5.41, 5.74) is 5.34. The molecule has 9 nitrogen and oxygen atoms in total. The van der Waals surface area contributed by atoms with Gasteiger partial charge >= 0.3 is 19.8 Å². The lowest BCUT2D eigenvalue weighted by Gasteiger charge is -2.19. The smallest absolute Gasteiger partial charge is 0.462 e. The van der Waals surface area contributed by atoms with Crippen LogP contribution in [0.2, 0.25) is 0 Å². The van der Waals surface area contributed by atoms with Gasteiger partial charge in [-0.25, -0.2) is 4.57 Å². The fourth-order valence-electron chi connectivity index (χ4n) is 5.68. The molecule has 0 aliphatic carbocycles. The Morgan fingerprint density at radius 1 is 0.569 bits per heavy atom. The van der Waals surface area contributed by atoms with Crippen LogP contribution >= 0.6 is 7.82 Å². The third-order valence-corrected chi connectivity index (χ3v) is 9.79. The lowest BCUT2D eigenvalue weighted by molar-refractivity contribution is -0.161. The van der Waals surface area contributed by atoms with Gasteiger partial charge in [0.2, 0.25) is 0 Å². The molecule has 1 unspecified atom stereocenters. The van der Waals surface area contributed by atoms with Crippen molar-refractivity contribution in [2.24, 2.45) is 5.73 Å². The van der Waals surface area contributed by atoms with Crippen LogP contribution in [-0.2, 0) is 32.7 Å². The largest absolute Gasteiger partial charge is 0.472 e. The zero-order valence-electron chi connectivity index (χ0n) is 32.8. The normalized spacial score (nSPS) is 13.6. The summed E-state index contributed by atoms with van der Waals surface area (Å²) in [6.45, 7) is 3.70. The van der Waals surface area contributed by atoms with Crippen LogP contribution in [0.3, 0.4) is 0 Å². The molecule has 0 radical (unpaired) electrons. The maximum Gasteiger partial charge on any atom is 0.472 e. The number of carbonyl (C=O) groups excluding carboxylic acids is 2. The molecule has 0 saturated heterocycles. The number of unbranched alkanes of at least 4 members (excludes halogenated alkanes) is 22. The van der Waals surface area contributed by atoms with Gasteiger partial charge in [-0.15, -0.1) is 0 Å². The first-order chi connectivity index (χ1) is 24.8. The molecule has 0 fully saturated rings. The average Bonchev–Trinajstić information content (AvgIpc) is 3.11. The number of ether oxygens (including phenoxy) is 2. The fourth-order valence-corrected chi connectivity index (χ4v) is 6.45. The van der Waals surface area contributed by atoms with Crippen LogP contribution in [-0.4, -0.2) is 49.3 Å². The van der Waals surface area contributed by atoms with Gasteiger partial charge in [0.1, 0.15) is 6.61 Å². The highest BCUT2D eigenvalue weighted by Gasteiger charge is 2.26. The van der Waals surface area contributed by atoms with Crippen LogP contribution in [0.5, 0.6) is 0 Å². The van der Waals surface area contributed by atoms with Crippen LogP contribution in [0.4, 0.5) is 0 Å². The SMILES string of the molecule is CCCCCC/C=C\CCCCCCCCCC(=O)OC[C@H](COP(=O)(O)OCCN)OC(=O)CCCCCCCCC/C=C\CCCCCC. The Balaban J connectivity index is 4.18. The lowest BCUT2D eigenvalue weighted by Crippen LogP contribution is -2.29. The van der Waals surface area contributed by atoms with Gasteiger partial charge in [0.05, 0.1) is 13.2 Å². The van der Waals surface area contributed by atoms with E-state index in [1.807, 2.05) is 0 Å². The number of hydrogen-bond donors (Lipinski definition) is 2. The fraction of sp³-hybridized carbons (Fsp3) is 0.854. The second-order valence-electron chi connectivity index (χ2n) is 13.8. The maximum atomic E-state index is 12.6. The van der Waals surface area contributed by atoms with Crippen molar-refractivity contribution >= 4 is 19.8 Å². The molecule has 0 aromatic heterocycles. The van der Waals surface area contributed by atoms with Gasteiger partial charge in [0, 0.05) is 19.4 Å². The van der Waals surface area contributed by atoms with Gasteiger partial charge in [-0.1, -0.05) is 141 Å². The highest BCUT2D eigenvalue weighted by atomic mass is 31.2. The van der Waals surface area contributed by atoms with Crippen LogP contribution in [0.1, 0.15) is 194 Å². The van der Waals surface area contributed by atoms with E-state index in [-0.39, 0.29) is 38.6 Å². The minimum absolute atomic E-state index is 0.0530. The average molecular weight is 744 g/mol. The predicted molar refractivity (Wildman–Crippen MR) is 211 cm³/mol. The molecular formula is C41H78NO8P. The van der Waals surface area contributed by atoms with E-state index in [9.17, 15) is 19.0 Å². The van der Waals surface area contributed by atoms with Crippen molar-refractivity contribution in [3.05, 3.63) is 24.3 Å². The van der Waals surface area contributed by atoms with Crippen molar-refractivity contribution in [2.45, 2.75) is 200 Å². The van der Waals surface area contributed by atoms with E-state index >= 15 is 0 Å². The standard InChI is InChI=1S/C41H78NO8P/c1-3-5-7-9-11-13-15-17-19-21-23-25-27-29-31-33-40(43)47-37-39(38-49-51(45,46)48-36-35-42)50-41(44)34-32-30-28-26-24-22-20-18-16-14-12-10-8-6-4-2/h13-16,39H,3-12,17-38,42H2,1-2H3,(H,45,46)/b15-13-,16-14-/t39-/m1/s1. The van der Waals surface area contributed by atoms with Crippen molar-refractivity contribution in [1.29, 1.82) is 0 Å². The van der Waals surface area contributed by atoms with Crippen molar-refractivity contribution < 1.29 is 37.6 Å². The Morgan fingerprint density at radius 3 is 1.39 bits per heavy atom. The molecule has 51 heavy (non-hydrogen) atoms. The highest BCUT2D eigenvalue weighted by molar-refractivity contribution is 7.47. The van der Waals surface area contributed by atoms with Crippen molar-refractivity contribution in [3.63, 3.8) is 0 Å². The molecule has 0 saturated carbocycles. The Bertz CT molecular complexity index is 897. The van der Waals surface area contributed by atoms with E-state index < -0.39 is 26.5 Å². The molecule has 10 heteroatoms. The minimum atomic E-state index is -4.37. The van der Waals surface area contributed by atoms with Gasteiger partial charge in [-0.2, -0.15) is 0 Å². The Labute approximate surface area is 312 Å². The summed E-state index contributed by atoms with van der Waals surface area (Å²) in [7, 11) is -4.37. The first kappa shape index (κ1) is 49.5. The molecule has 0 aliphatic heterocycles. The molecule has 0 amide bonds. The molecule has 0 rings (SSSR count). The number of hydrogen-bond acceptors (Lipinski definition) is 8. The van der Waals surface area contributed by atoms with E-state index in [1.165, 1.54) is 103 Å². The highest BCUT2D eigenvalue weighted by Crippen LogP contribution is 2.43. The van der Waals surface area contributed by atoms with Gasteiger partial charge in [-0.3, -0.25) is 18.6 Å². The third-order valence-electron chi connectivity index (χ3n) is 8.81. The molecule has 3 N–H and O–H groups in total. The second kappa shape index (κ2) is 38.2. The summed E-state index contributed by atoms with van der Waals surface area (Å²) < 4.78 is 32.7. The molecular weight excluding hydrogens is 665 g/mol. The molecule has 0 aromatic carbocycles. The van der Waals surface area contributed by atoms with Crippen LogP contribution in [0.25, 0.3) is 0 Å². The molecule has 0 aliphatic rings.